The molecule has 0 aliphatic carbocycles. The molecule has 118 valence electrons. The summed E-state index contributed by atoms with van der Waals surface area (Å²) in [6.45, 7) is 1.86. The van der Waals surface area contributed by atoms with E-state index in [0.29, 0.717) is 12.5 Å². The second-order valence-electron chi connectivity index (χ2n) is 5.80. The summed E-state index contributed by atoms with van der Waals surface area (Å²) in [6.07, 6.45) is 6.02. The van der Waals surface area contributed by atoms with Crippen LogP contribution in [0.2, 0.25) is 0 Å². The maximum absolute atomic E-state index is 10.7. The number of aliphatic hydroxyl groups is 1. The zero-order valence-electron chi connectivity index (χ0n) is 12.4. The molecule has 1 aromatic rings. The summed E-state index contributed by atoms with van der Waals surface area (Å²) < 4.78 is 0. The normalized spacial score (nSPS) is 21.9. The molecule has 2 heterocycles. The van der Waals surface area contributed by atoms with Crippen molar-refractivity contribution in [3.05, 3.63) is 22.4 Å². The van der Waals surface area contributed by atoms with E-state index in [9.17, 15) is 9.90 Å². The van der Waals surface area contributed by atoms with Gasteiger partial charge in [0.2, 0.25) is 0 Å². The molecule has 0 bridgehead atoms. The first-order valence-corrected chi connectivity index (χ1v) is 8.72. The summed E-state index contributed by atoms with van der Waals surface area (Å²) in [5.41, 5.74) is 0. The molecule has 5 heteroatoms. The van der Waals surface area contributed by atoms with E-state index >= 15 is 0 Å². The van der Waals surface area contributed by atoms with Gasteiger partial charge in [-0.05, 0) is 50.2 Å². The molecular formula is C16H25NO3S. The van der Waals surface area contributed by atoms with Gasteiger partial charge in [0.15, 0.2) is 0 Å². The fraction of sp³-hybridized carbons (Fsp3) is 0.688. The molecule has 2 N–H and O–H groups in total. The number of aliphatic hydroxyl groups excluding tert-OH is 1. The van der Waals surface area contributed by atoms with E-state index in [1.54, 1.807) is 11.3 Å². The highest BCUT2D eigenvalue weighted by Gasteiger charge is 2.24. The Labute approximate surface area is 130 Å². The van der Waals surface area contributed by atoms with Crippen LogP contribution in [0, 0.1) is 0 Å². The summed E-state index contributed by atoms with van der Waals surface area (Å²) in [6, 6.07) is 4.33. The molecule has 0 amide bonds. The highest BCUT2D eigenvalue weighted by atomic mass is 32.1. The van der Waals surface area contributed by atoms with E-state index in [2.05, 4.69) is 4.90 Å². The molecule has 2 rings (SSSR count). The molecule has 1 fully saturated rings. The van der Waals surface area contributed by atoms with Crippen LogP contribution in [-0.2, 0) is 4.79 Å². The zero-order valence-corrected chi connectivity index (χ0v) is 13.2. The van der Waals surface area contributed by atoms with Crippen molar-refractivity contribution in [2.45, 2.75) is 57.1 Å². The lowest BCUT2D eigenvalue weighted by atomic mass is 10.0. The van der Waals surface area contributed by atoms with Gasteiger partial charge in [0.25, 0.3) is 0 Å². The lowest BCUT2D eigenvalue weighted by molar-refractivity contribution is -0.137. The minimum absolute atomic E-state index is 0.233. The number of aliphatic carboxylic acids is 1. The standard InChI is InChI=1S/C16H25NO3S/c18-14(15-7-5-11-21-15)12-13-6-2-1-3-9-17(13)10-4-8-16(19)20/h5,7,11,13-14,18H,1-4,6,8-10,12H2,(H,19,20)/t13-,14+/m0/s1. The van der Waals surface area contributed by atoms with Crippen LogP contribution in [0.3, 0.4) is 0 Å². The van der Waals surface area contributed by atoms with Gasteiger partial charge in [-0.25, -0.2) is 0 Å². The van der Waals surface area contributed by atoms with Crippen molar-refractivity contribution < 1.29 is 15.0 Å². The molecule has 1 aliphatic heterocycles. The van der Waals surface area contributed by atoms with Crippen LogP contribution in [-0.4, -0.2) is 40.2 Å². The van der Waals surface area contributed by atoms with Gasteiger partial charge in [-0.1, -0.05) is 18.9 Å². The largest absolute Gasteiger partial charge is 0.481 e. The third-order valence-corrected chi connectivity index (χ3v) is 5.18. The maximum Gasteiger partial charge on any atom is 0.303 e. The van der Waals surface area contributed by atoms with Gasteiger partial charge in [0.05, 0.1) is 6.10 Å². The summed E-state index contributed by atoms with van der Waals surface area (Å²) in [7, 11) is 0. The number of carboxylic acids is 1. The highest BCUT2D eigenvalue weighted by molar-refractivity contribution is 7.10. The van der Waals surface area contributed by atoms with Crippen LogP contribution in [0.1, 0.15) is 55.9 Å². The smallest absolute Gasteiger partial charge is 0.303 e. The lowest BCUT2D eigenvalue weighted by Gasteiger charge is -2.31. The Morgan fingerprint density at radius 3 is 3.00 bits per heavy atom. The first-order valence-electron chi connectivity index (χ1n) is 7.84. The molecule has 0 aromatic carbocycles. The van der Waals surface area contributed by atoms with Crippen molar-refractivity contribution in [1.82, 2.24) is 4.90 Å². The number of carboxylic acid groups (broad SMARTS) is 1. The van der Waals surface area contributed by atoms with Crippen molar-refractivity contribution in [2.24, 2.45) is 0 Å². The summed E-state index contributed by atoms with van der Waals surface area (Å²) in [4.78, 5) is 14.1. The van der Waals surface area contributed by atoms with Crippen LogP contribution in [0.5, 0.6) is 0 Å². The summed E-state index contributed by atoms with van der Waals surface area (Å²) in [5, 5.41) is 21.1. The molecule has 1 aliphatic rings. The Balaban J connectivity index is 1.90. The van der Waals surface area contributed by atoms with Crippen LogP contribution < -0.4 is 0 Å². The fourth-order valence-electron chi connectivity index (χ4n) is 3.09. The van der Waals surface area contributed by atoms with Crippen molar-refractivity contribution in [1.29, 1.82) is 0 Å². The average Bonchev–Trinajstić information content (AvgIpc) is 2.89. The number of nitrogens with zero attached hydrogens (tertiary/aromatic N) is 1. The SMILES string of the molecule is O=C(O)CCCN1CCCCC[C@H]1C[C@@H](O)c1cccs1. The first-order chi connectivity index (χ1) is 10.2. The van der Waals surface area contributed by atoms with Gasteiger partial charge in [0, 0.05) is 17.3 Å². The van der Waals surface area contributed by atoms with Crippen molar-refractivity contribution in [3.63, 3.8) is 0 Å². The van der Waals surface area contributed by atoms with E-state index in [4.69, 9.17) is 5.11 Å². The fourth-order valence-corrected chi connectivity index (χ4v) is 3.81. The molecule has 0 saturated carbocycles. The number of thiophene rings is 1. The number of carbonyl (C=O) groups is 1. The van der Waals surface area contributed by atoms with Crippen LogP contribution in [0.15, 0.2) is 17.5 Å². The van der Waals surface area contributed by atoms with Gasteiger partial charge in [-0.15, -0.1) is 11.3 Å². The lowest BCUT2D eigenvalue weighted by Crippen LogP contribution is -2.37. The topological polar surface area (TPSA) is 60.8 Å². The van der Waals surface area contributed by atoms with E-state index in [-0.39, 0.29) is 6.42 Å². The third kappa shape index (κ3) is 5.41. The Hall–Kier alpha value is -0.910. The molecule has 0 unspecified atom stereocenters. The van der Waals surface area contributed by atoms with Crippen LogP contribution in [0.4, 0.5) is 0 Å². The monoisotopic (exact) mass is 311 g/mol. The second kappa shape index (κ2) is 8.51. The predicted molar refractivity (Wildman–Crippen MR) is 84.6 cm³/mol. The first kappa shape index (κ1) is 16.5. The average molecular weight is 311 g/mol. The van der Waals surface area contributed by atoms with Crippen LogP contribution in [0.25, 0.3) is 0 Å². The van der Waals surface area contributed by atoms with Gasteiger partial charge >= 0.3 is 5.97 Å². The van der Waals surface area contributed by atoms with E-state index < -0.39 is 12.1 Å². The molecule has 0 radical (unpaired) electrons. The molecule has 21 heavy (non-hydrogen) atoms. The predicted octanol–water partition coefficient (Wildman–Crippen LogP) is 3.28. The van der Waals surface area contributed by atoms with Crippen molar-refractivity contribution in [3.8, 4) is 0 Å². The minimum atomic E-state index is -0.722. The molecular weight excluding hydrogens is 286 g/mol. The third-order valence-electron chi connectivity index (χ3n) is 4.20. The minimum Gasteiger partial charge on any atom is -0.481 e. The highest BCUT2D eigenvalue weighted by Crippen LogP contribution is 2.28. The second-order valence-corrected chi connectivity index (χ2v) is 6.78. The van der Waals surface area contributed by atoms with E-state index in [0.717, 1.165) is 30.8 Å². The Bertz CT molecular complexity index is 421. The Morgan fingerprint density at radius 2 is 2.29 bits per heavy atom. The number of hydrogen-bond donors (Lipinski definition) is 2. The Kier molecular flexibility index (Phi) is 6.67. The zero-order chi connectivity index (χ0) is 15.1. The Morgan fingerprint density at radius 1 is 1.43 bits per heavy atom. The van der Waals surface area contributed by atoms with Crippen molar-refractivity contribution in [2.75, 3.05) is 13.1 Å². The molecule has 1 aromatic heterocycles. The van der Waals surface area contributed by atoms with E-state index in [1.165, 1.54) is 19.3 Å². The molecule has 4 nitrogen and oxygen atoms in total. The van der Waals surface area contributed by atoms with Gasteiger partial charge in [0.1, 0.15) is 0 Å². The quantitative estimate of drug-likeness (QED) is 0.811. The van der Waals surface area contributed by atoms with Gasteiger partial charge < -0.3 is 15.1 Å². The molecule has 2 atom stereocenters. The summed E-state index contributed by atoms with van der Waals surface area (Å²) in [5.74, 6) is -0.722. The van der Waals surface area contributed by atoms with E-state index in [1.807, 2.05) is 17.5 Å². The van der Waals surface area contributed by atoms with Gasteiger partial charge in [-0.2, -0.15) is 0 Å². The molecule has 1 saturated heterocycles. The number of rotatable bonds is 7. The number of hydrogen-bond acceptors (Lipinski definition) is 4. The maximum atomic E-state index is 10.7. The van der Waals surface area contributed by atoms with Crippen molar-refractivity contribution >= 4 is 17.3 Å². The van der Waals surface area contributed by atoms with Crippen LogP contribution >= 0.6 is 11.3 Å². The number of likely N-dealkylation sites (tertiary alicyclic amines) is 1. The summed E-state index contributed by atoms with van der Waals surface area (Å²) >= 11 is 1.60. The molecule has 0 spiro atoms. The van der Waals surface area contributed by atoms with Gasteiger partial charge in [-0.3, -0.25) is 4.79 Å².